The molecule has 0 spiro atoms. The standard InChI is InChI=1S/C27H27N7O6/c28-22-21-17(14-30-23(21)33-27(29)32-22)12-13-34(25(38)16-4-2-1-3-5-16)18-8-6-15(7-9-18)24(37)31-19(26(39)40)10-11-20(35)36/h1-9,14,19H,10-13H2,(H,31,37)(H,35,36)(H,39,40)(H5,28,29,30,32,33)/t19-/m0/s1. The highest BCUT2D eigenvalue weighted by atomic mass is 16.4. The Morgan fingerprint density at radius 1 is 0.950 bits per heavy atom. The van der Waals surface area contributed by atoms with Crippen LogP contribution in [0.4, 0.5) is 17.5 Å². The van der Waals surface area contributed by atoms with Crippen molar-refractivity contribution in [1.82, 2.24) is 20.3 Å². The average molecular weight is 546 g/mol. The van der Waals surface area contributed by atoms with Gasteiger partial charge in [-0.2, -0.15) is 9.97 Å². The predicted octanol–water partition coefficient (Wildman–Crippen LogP) is 2.06. The summed E-state index contributed by atoms with van der Waals surface area (Å²) in [5, 5.41) is 21.1. The average Bonchev–Trinajstić information content (AvgIpc) is 3.34. The highest BCUT2D eigenvalue weighted by Gasteiger charge is 2.23. The van der Waals surface area contributed by atoms with Crippen LogP contribution < -0.4 is 21.7 Å². The van der Waals surface area contributed by atoms with Crippen molar-refractivity contribution in [3.8, 4) is 0 Å². The Morgan fingerprint density at radius 3 is 2.30 bits per heavy atom. The monoisotopic (exact) mass is 545 g/mol. The summed E-state index contributed by atoms with van der Waals surface area (Å²) in [4.78, 5) is 61.2. The van der Waals surface area contributed by atoms with Crippen LogP contribution in [-0.4, -0.2) is 61.5 Å². The maximum atomic E-state index is 13.5. The van der Waals surface area contributed by atoms with E-state index in [-0.39, 0.29) is 36.2 Å². The fraction of sp³-hybridized carbons (Fsp3) is 0.185. The number of amides is 2. The number of aliphatic carboxylic acids is 2. The van der Waals surface area contributed by atoms with Crippen LogP contribution in [0.25, 0.3) is 11.0 Å². The third-order valence-corrected chi connectivity index (χ3v) is 6.22. The number of hydrogen-bond acceptors (Lipinski definition) is 8. The zero-order valence-electron chi connectivity index (χ0n) is 21.2. The maximum Gasteiger partial charge on any atom is 0.326 e. The molecule has 2 heterocycles. The van der Waals surface area contributed by atoms with E-state index in [0.717, 1.165) is 5.56 Å². The van der Waals surface area contributed by atoms with Crippen molar-refractivity contribution in [3.63, 3.8) is 0 Å². The van der Waals surface area contributed by atoms with Gasteiger partial charge >= 0.3 is 11.9 Å². The molecule has 40 heavy (non-hydrogen) atoms. The number of carboxylic acids is 2. The molecule has 206 valence electrons. The van der Waals surface area contributed by atoms with Crippen LogP contribution in [-0.2, 0) is 16.0 Å². The van der Waals surface area contributed by atoms with Crippen LogP contribution in [0.1, 0.15) is 39.1 Å². The topological polar surface area (TPSA) is 218 Å². The molecule has 13 nitrogen and oxygen atoms in total. The molecule has 13 heteroatoms. The number of anilines is 3. The van der Waals surface area contributed by atoms with E-state index in [9.17, 15) is 24.3 Å². The van der Waals surface area contributed by atoms with Gasteiger partial charge in [-0.05, 0) is 54.8 Å². The lowest BCUT2D eigenvalue weighted by molar-refractivity contribution is -0.140. The Labute approximate surface area is 227 Å². The van der Waals surface area contributed by atoms with Gasteiger partial charge in [0.1, 0.15) is 17.5 Å². The largest absolute Gasteiger partial charge is 0.481 e. The number of H-pyrrole nitrogens is 1. The molecule has 2 amide bonds. The molecule has 4 aromatic rings. The summed E-state index contributed by atoms with van der Waals surface area (Å²) in [7, 11) is 0. The first-order valence-electron chi connectivity index (χ1n) is 12.3. The lowest BCUT2D eigenvalue weighted by Gasteiger charge is -2.23. The van der Waals surface area contributed by atoms with Gasteiger partial charge in [0.2, 0.25) is 5.95 Å². The summed E-state index contributed by atoms with van der Waals surface area (Å²) in [6.45, 7) is 0.242. The fourth-order valence-electron chi connectivity index (χ4n) is 4.22. The molecule has 0 saturated heterocycles. The van der Waals surface area contributed by atoms with E-state index >= 15 is 0 Å². The number of aromatic amines is 1. The van der Waals surface area contributed by atoms with Gasteiger partial charge in [0.05, 0.1) is 5.39 Å². The van der Waals surface area contributed by atoms with Gasteiger partial charge < -0.3 is 36.9 Å². The van der Waals surface area contributed by atoms with Crippen LogP contribution >= 0.6 is 0 Å². The first kappa shape index (κ1) is 27.6. The van der Waals surface area contributed by atoms with Crippen LogP contribution in [0.3, 0.4) is 0 Å². The van der Waals surface area contributed by atoms with Crippen molar-refractivity contribution in [1.29, 1.82) is 0 Å². The first-order chi connectivity index (χ1) is 19.1. The number of nitrogens with one attached hydrogen (secondary N) is 2. The van der Waals surface area contributed by atoms with Gasteiger partial charge in [-0.1, -0.05) is 18.2 Å². The fourth-order valence-corrected chi connectivity index (χ4v) is 4.22. The van der Waals surface area contributed by atoms with Crippen LogP contribution in [0.2, 0.25) is 0 Å². The molecule has 0 bridgehead atoms. The van der Waals surface area contributed by atoms with Gasteiger partial charge in [-0.15, -0.1) is 0 Å². The van der Waals surface area contributed by atoms with Gasteiger partial charge in [0.25, 0.3) is 11.8 Å². The number of rotatable bonds is 11. The molecule has 4 rings (SSSR count). The number of aromatic nitrogens is 3. The number of fused-ring (bicyclic) bond motifs is 1. The van der Waals surface area contributed by atoms with E-state index in [0.29, 0.717) is 28.7 Å². The quantitative estimate of drug-likeness (QED) is 0.161. The summed E-state index contributed by atoms with van der Waals surface area (Å²) in [5.41, 5.74) is 14.1. The molecule has 2 aromatic heterocycles. The number of benzene rings is 2. The molecule has 1 atom stereocenters. The minimum Gasteiger partial charge on any atom is -0.481 e. The molecule has 0 saturated carbocycles. The number of hydrogen-bond donors (Lipinski definition) is 6. The number of nitrogen functional groups attached to an aromatic ring is 2. The smallest absolute Gasteiger partial charge is 0.326 e. The second-order valence-electron chi connectivity index (χ2n) is 8.92. The lowest BCUT2D eigenvalue weighted by atomic mass is 10.1. The van der Waals surface area contributed by atoms with Crippen LogP contribution in [0.15, 0.2) is 60.8 Å². The molecule has 2 aromatic carbocycles. The van der Waals surface area contributed by atoms with E-state index in [1.807, 2.05) is 0 Å². The summed E-state index contributed by atoms with van der Waals surface area (Å²) in [6, 6.07) is 13.4. The molecule has 0 aliphatic heterocycles. The van der Waals surface area contributed by atoms with Crippen molar-refractivity contribution < 1.29 is 29.4 Å². The van der Waals surface area contributed by atoms with Crippen molar-refractivity contribution in [2.45, 2.75) is 25.3 Å². The zero-order chi connectivity index (χ0) is 28.8. The van der Waals surface area contributed by atoms with Crippen LogP contribution in [0, 0.1) is 0 Å². The van der Waals surface area contributed by atoms with Gasteiger partial charge in [0, 0.05) is 36.0 Å². The number of carbonyl (C=O) groups excluding carboxylic acids is 2. The Bertz CT molecular complexity index is 1550. The highest BCUT2D eigenvalue weighted by Crippen LogP contribution is 2.25. The molecule has 8 N–H and O–H groups in total. The van der Waals surface area contributed by atoms with E-state index in [1.54, 1.807) is 53.6 Å². The Morgan fingerprint density at radius 2 is 1.65 bits per heavy atom. The highest BCUT2D eigenvalue weighted by molar-refractivity contribution is 6.06. The van der Waals surface area contributed by atoms with Crippen LogP contribution in [0.5, 0.6) is 0 Å². The predicted molar refractivity (Wildman–Crippen MR) is 147 cm³/mol. The molecule has 0 fully saturated rings. The SMILES string of the molecule is Nc1nc(N)c2c(CCN(C(=O)c3ccccc3)c3ccc(C(=O)N[C@@H](CCC(=O)O)C(=O)O)cc3)c[nH]c2n1. The van der Waals surface area contributed by atoms with Crippen molar-refractivity contribution in [2.24, 2.45) is 0 Å². The molecule has 0 aliphatic rings. The molecule has 0 aliphatic carbocycles. The third-order valence-electron chi connectivity index (χ3n) is 6.22. The van der Waals surface area contributed by atoms with E-state index in [2.05, 4.69) is 20.3 Å². The number of carboxylic acid groups (broad SMARTS) is 2. The number of nitrogens with zero attached hydrogens (tertiary/aromatic N) is 3. The van der Waals surface area contributed by atoms with Gasteiger partial charge in [-0.3, -0.25) is 14.4 Å². The Balaban J connectivity index is 1.57. The summed E-state index contributed by atoms with van der Waals surface area (Å²) in [6.07, 6.45) is 1.46. The summed E-state index contributed by atoms with van der Waals surface area (Å²) in [5.74, 6) is -3.19. The van der Waals surface area contributed by atoms with Gasteiger partial charge in [0.15, 0.2) is 0 Å². The molecular formula is C27H27N7O6. The van der Waals surface area contributed by atoms with E-state index in [4.69, 9.17) is 16.6 Å². The number of carbonyl (C=O) groups is 4. The van der Waals surface area contributed by atoms with E-state index in [1.165, 1.54) is 12.1 Å². The summed E-state index contributed by atoms with van der Waals surface area (Å²) >= 11 is 0. The molecular weight excluding hydrogens is 518 g/mol. The third kappa shape index (κ3) is 6.32. The van der Waals surface area contributed by atoms with Crippen molar-refractivity contribution >= 4 is 52.2 Å². The lowest BCUT2D eigenvalue weighted by Crippen LogP contribution is -2.41. The number of nitrogens with two attached hydrogens (primary N) is 2. The first-order valence-corrected chi connectivity index (χ1v) is 12.3. The Kier molecular flexibility index (Phi) is 8.23. The maximum absolute atomic E-state index is 13.5. The minimum absolute atomic E-state index is 0.0416. The normalized spacial score (nSPS) is 11.6. The van der Waals surface area contributed by atoms with Crippen molar-refractivity contribution in [3.05, 3.63) is 77.5 Å². The molecule has 0 radical (unpaired) electrons. The Hall–Kier alpha value is -5.46. The minimum atomic E-state index is -1.36. The molecule has 0 unspecified atom stereocenters. The van der Waals surface area contributed by atoms with Crippen molar-refractivity contribution in [2.75, 3.05) is 22.9 Å². The second-order valence-corrected chi connectivity index (χ2v) is 8.92. The summed E-state index contributed by atoms with van der Waals surface area (Å²) < 4.78 is 0. The van der Waals surface area contributed by atoms with E-state index < -0.39 is 30.3 Å². The zero-order valence-corrected chi connectivity index (χ0v) is 21.2. The second kappa shape index (κ2) is 11.9. The van der Waals surface area contributed by atoms with Gasteiger partial charge in [-0.25, -0.2) is 4.79 Å².